The van der Waals surface area contributed by atoms with E-state index in [0.29, 0.717) is 0 Å². The molecule has 1 heterocycles. The molecule has 2 rings (SSSR count). The number of aromatic nitrogens is 2. The first-order valence-electron chi connectivity index (χ1n) is 7.17. The second-order valence-corrected chi connectivity index (χ2v) is 5.39. The number of amides is 2. The van der Waals surface area contributed by atoms with E-state index in [-0.39, 0.29) is 24.4 Å². The minimum atomic E-state index is -0.310. The van der Waals surface area contributed by atoms with Crippen molar-refractivity contribution in [2.45, 2.75) is 33.4 Å². The molecule has 118 valence electrons. The maximum Gasteiger partial charge on any atom is 0.315 e. The Morgan fingerprint density at radius 3 is 2.73 bits per heavy atom. The van der Waals surface area contributed by atoms with Crippen molar-refractivity contribution in [3.8, 4) is 0 Å². The number of carbonyl (C=O) groups excluding carboxylic acids is 1. The molecule has 22 heavy (non-hydrogen) atoms. The lowest BCUT2D eigenvalue weighted by Gasteiger charge is -2.15. The van der Waals surface area contributed by atoms with E-state index in [1.807, 2.05) is 27.8 Å². The largest absolute Gasteiger partial charge is 0.334 e. The first-order chi connectivity index (χ1) is 10.4. The van der Waals surface area contributed by atoms with Crippen molar-refractivity contribution in [2.24, 2.45) is 7.05 Å². The van der Waals surface area contributed by atoms with Gasteiger partial charge in [0.25, 0.3) is 0 Å². The highest BCUT2D eigenvalue weighted by molar-refractivity contribution is 5.74. The van der Waals surface area contributed by atoms with E-state index in [2.05, 4.69) is 15.7 Å². The van der Waals surface area contributed by atoms with Gasteiger partial charge in [-0.25, -0.2) is 9.18 Å². The number of hydrogen-bond acceptors (Lipinski definition) is 2. The Labute approximate surface area is 129 Å². The Bertz CT molecular complexity index is 681. The van der Waals surface area contributed by atoms with Gasteiger partial charge in [-0.05, 0) is 38.5 Å². The Hall–Kier alpha value is -2.37. The molecule has 0 aliphatic rings. The number of hydrogen-bond donors (Lipinski definition) is 2. The molecular weight excluding hydrogens is 283 g/mol. The molecule has 6 heteroatoms. The molecule has 1 atom stereocenters. The fraction of sp³-hybridized carbons (Fsp3) is 0.375. The zero-order valence-corrected chi connectivity index (χ0v) is 13.3. The van der Waals surface area contributed by atoms with Crippen molar-refractivity contribution < 1.29 is 9.18 Å². The SMILES string of the molecule is Cc1nn(C)c(C)c1C(C)NC(=O)NCc1cccc(F)c1. The van der Waals surface area contributed by atoms with Crippen LogP contribution in [0.3, 0.4) is 0 Å². The van der Waals surface area contributed by atoms with E-state index in [0.717, 1.165) is 22.5 Å². The Balaban J connectivity index is 1.94. The van der Waals surface area contributed by atoms with Gasteiger partial charge in [-0.1, -0.05) is 12.1 Å². The molecule has 0 radical (unpaired) electrons. The van der Waals surface area contributed by atoms with Gasteiger partial charge in [-0.15, -0.1) is 0 Å². The standard InChI is InChI=1S/C16H21FN4O/c1-10(15-11(2)20-21(4)12(15)3)19-16(22)18-9-13-6-5-7-14(17)8-13/h5-8,10H,9H2,1-4H3,(H2,18,19,22). The molecule has 5 nitrogen and oxygen atoms in total. The van der Waals surface area contributed by atoms with E-state index in [1.54, 1.807) is 16.8 Å². The molecule has 0 fully saturated rings. The summed E-state index contributed by atoms with van der Waals surface area (Å²) in [6, 6.07) is 5.72. The van der Waals surface area contributed by atoms with Gasteiger partial charge in [0.15, 0.2) is 0 Å². The van der Waals surface area contributed by atoms with E-state index in [1.165, 1.54) is 12.1 Å². The highest BCUT2D eigenvalue weighted by Crippen LogP contribution is 2.20. The minimum absolute atomic E-state index is 0.152. The average molecular weight is 304 g/mol. The van der Waals surface area contributed by atoms with Crippen LogP contribution in [-0.2, 0) is 13.6 Å². The topological polar surface area (TPSA) is 59.0 Å². The van der Waals surface area contributed by atoms with Gasteiger partial charge in [0.05, 0.1) is 11.7 Å². The highest BCUT2D eigenvalue weighted by atomic mass is 19.1. The van der Waals surface area contributed by atoms with Gasteiger partial charge in [-0.2, -0.15) is 5.10 Å². The van der Waals surface area contributed by atoms with Crippen molar-refractivity contribution in [3.05, 3.63) is 52.6 Å². The molecule has 0 saturated heterocycles. The minimum Gasteiger partial charge on any atom is -0.334 e. The summed E-state index contributed by atoms with van der Waals surface area (Å²) in [6.07, 6.45) is 0. The quantitative estimate of drug-likeness (QED) is 0.912. The third-order valence-corrected chi connectivity index (χ3v) is 3.69. The van der Waals surface area contributed by atoms with Crippen LogP contribution in [0.5, 0.6) is 0 Å². The average Bonchev–Trinajstić information content (AvgIpc) is 2.70. The van der Waals surface area contributed by atoms with Crippen molar-refractivity contribution in [3.63, 3.8) is 0 Å². The van der Waals surface area contributed by atoms with Crippen molar-refractivity contribution >= 4 is 6.03 Å². The third-order valence-electron chi connectivity index (χ3n) is 3.69. The predicted molar refractivity (Wildman–Crippen MR) is 82.9 cm³/mol. The molecule has 2 amide bonds. The second kappa shape index (κ2) is 6.60. The van der Waals surface area contributed by atoms with Gasteiger partial charge in [0.1, 0.15) is 5.82 Å². The van der Waals surface area contributed by atoms with Crippen molar-refractivity contribution in [1.29, 1.82) is 0 Å². The maximum atomic E-state index is 13.1. The van der Waals surface area contributed by atoms with E-state index in [9.17, 15) is 9.18 Å². The summed E-state index contributed by atoms with van der Waals surface area (Å²) in [4.78, 5) is 12.0. The van der Waals surface area contributed by atoms with Gasteiger partial charge >= 0.3 is 6.03 Å². The van der Waals surface area contributed by atoms with Crippen molar-refractivity contribution in [2.75, 3.05) is 0 Å². The summed E-state index contributed by atoms with van der Waals surface area (Å²) >= 11 is 0. The van der Waals surface area contributed by atoms with Crippen LogP contribution in [0.15, 0.2) is 24.3 Å². The second-order valence-electron chi connectivity index (χ2n) is 5.39. The van der Waals surface area contributed by atoms with Gasteiger partial charge in [-0.3, -0.25) is 4.68 Å². The molecular formula is C16H21FN4O. The predicted octanol–water partition coefficient (Wildman–Crippen LogP) is 2.74. The van der Waals surface area contributed by atoms with E-state index < -0.39 is 0 Å². The lowest BCUT2D eigenvalue weighted by atomic mass is 10.1. The van der Waals surface area contributed by atoms with E-state index >= 15 is 0 Å². The fourth-order valence-corrected chi connectivity index (χ4v) is 2.57. The summed E-state index contributed by atoms with van der Waals surface area (Å²) < 4.78 is 14.9. The summed E-state index contributed by atoms with van der Waals surface area (Å²) in [5.41, 5.74) is 3.66. The molecule has 2 aromatic rings. The lowest BCUT2D eigenvalue weighted by molar-refractivity contribution is 0.237. The number of nitrogens with zero attached hydrogens (tertiary/aromatic N) is 2. The summed E-state index contributed by atoms with van der Waals surface area (Å²) in [7, 11) is 1.88. The van der Waals surface area contributed by atoms with Crippen LogP contribution in [-0.4, -0.2) is 15.8 Å². The van der Waals surface area contributed by atoms with Gasteiger partial charge in [0.2, 0.25) is 0 Å². The van der Waals surface area contributed by atoms with Crippen LogP contribution in [0, 0.1) is 19.7 Å². The molecule has 0 saturated carbocycles. The summed E-state index contributed by atoms with van der Waals surface area (Å²) in [6.45, 7) is 6.09. The number of halogens is 1. The zero-order valence-electron chi connectivity index (χ0n) is 13.3. The number of carbonyl (C=O) groups is 1. The van der Waals surface area contributed by atoms with Crippen LogP contribution >= 0.6 is 0 Å². The molecule has 2 N–H and O–H groups in total. The van der Waals surface area contributed by atoms with Crippen molar-refractivity contribution in [1.82, 2.24) is 20.4 Å². The molecule has 0 aliphatic carbocycles. The van der Waals surface area contributed by atoms with Crippen LogP contribution in [0.4, 0.5) is 9.18 Å². The fourth-order valence-electron chi connectivity index (χ4n) is 2.57. The van der Waals surface area contributed by atoms with Crippen LogP contribution in [0.2, 0.25) is 0 Å². The van der Waals surface area contributed by atoms with Gasteiger partial charge < -0.3 is 10.6 Å². The smallest absolute Gasteiger partial charge is 0.315 e. The number of rotatable bonds is 4. The van der Waals surface area contributed by atoms with Gasteiger partial charge in [0, 0.05) is 24.8 Å². The Kier molecular flexibility index (Phi) is 4.80. The summed E-state index contributed by atoms with van der Waals surface area (Å²) in [5, 5.41) is 9.95. The number of benzene rings is 1. The summed E-state index contributed by atoms with van der Waals surface area (Å²) in [5.74, 6) is -0.310. The molecule has 1 aromatic carbocycles. The van der Waals surface area contributed by atoms with Crippen LogP contribution in [0.1, 0.15) is 35.5 Å². The van der Waals surface area contributed by atoms with Crippen LogP contribution < -0.4 is 10.6 Å². The normalized spacial score (nSPS) is 12.0. The lowest BCUT2D eigenvalue weighted by Crippen LogP contribution is -2.37. The molecule has 0 spiro atoms. The van der Waals surface area contributed by atoms with E-state index in [4.69, 9.17) is 0 Å². The molecule has 0 aliphatic heterocycles. The molecule has 0 bridgehead atoms. The third kappa shape index (κ3) is 3.63. The Morgan fingerprint density at radius 1 is 1.41 bits per heavy atom. The Morgan fingerprint density at radius 2 is 2.14 bits per heavy atom. The zero-order chi connectivity index (χ0) is 16.3. The first kappa shape index (κ1) is 16.0. The van der Waals surface area contributed by atoms with Crippen LogP contribution in [0.25, 0.3) is 0 Å². The number of nitrogens with one attached hydrogen (secondary N) is 2. The highest BCUT2D eigenvalue weighted by Gasteiger charge is 2.17. The number of urea groups is 1. The monoisotopic (exact) mass is 304 g/mol. The maximum absolute atomic E-state index is 13.1. The molecule has 1 unspecified atom stereocenters. The first-order valence-corrected chi connectivity index (χ1v) is 7.17. The number of aryl methyl sites for hydroxylation is 2. The molecule has 1 aromatic heterocycles.